The summed E-state index contributed by atoms with van der Waals surface area (Å²) in [4.78, 5) is 11.4. The summed E-state index contributed by atoms with van der Waals surface area (Å²) in [7, 11) is 0. The van der Waals surface area contributed by atoms with Crippen molar-refractivity contribution >= 4 is 12.8 Å². The summed E-state index contributed by atoms with van der Waals surface area (Å²) in [6, 6.07) is 0. The van der Waals surface area contributed by atoms with Crippen LogP contribution in [0.4, 0.5) is 12.9 Å². The molecule has 0 atom stereocenters. The van der Waals surface area contributed by atoms with Crippen LogP contribution in [0.25, 0.3) is 0 Å². The lowest BCUT2D eigenvalue weighted by Gasteiger charge is -2.22. The fraction of sp³-hybridized carbons (Fsp3) is 0.667. The minimum Gasteiger partial charge on any atom is -0.449 e. The van der Waals surface area contributed by atoms with Gasteiger partial charge in [-0.1, -0.05) is 26.2 Å². The standard InChI is InChI=1S/C9H15BF3O/c1-4-6-9(2,3)8(14)5-7-10(11,12)13/h4H,1,5-7H2,2-3H3/q-1. The zero-order valence-electron chi connectivity index (χ0n) is 8.53. The summed E-state index contributed by atoms with van der Waals surface area (Å²) >= 11 is 0. The summed E-state index contributed by atoms with van der Waals surface area (Å²) in [5, 5.41) is 0. The van der Waals surface area contributed by atoms with Crippen molar-refractivity contribution < 1.29 is 17.7 Å². The van der Waals surface area contributed by atoms with E-state index in [1.807, 2.05) is 0 Å². The van der Waals surface area contributed by atoms with Crippen molar-refractivity contribution in [2.45, 2.75) is 33.0 Å². The first-order valence-electron chi connectivity index (χ1n) is 4.54. The molecule has 0 heterocycles. The highest BCUT2D eigenvalue weighted by Crippen LogP contribution is 2.27. The van der Waals surface area contributed by atoms with Crippen molar-refractivity contribution in [3.63, 3.8) is 0 Å². The van der Waals surface area contributed by atoms with Gasteiger partial charge in [0.15, 0.2) is 0 Å². The van der Waals surface area contributed by atoms with Crippen molar-refractivity contribution in [2.75, 3.05) is 0 Å². The van der Waals surface area contributed by atoms with Gasteiger partial charge in [0, 0.05) is 5.41 Å². The highest BCUT2D eigenvalue weighted by Gasteiger charge is 2.29. The van der Waals surface area contributed by atoms with Crippen LogP contribution in [0.2, 0.25) is 6.32 Å². The molecular formula is C9H15BF3O-. The maximum Gasteiger partial charge on any atom is 0.478 e. The van der Waals surface area contributed by atoms with Crippen LogP contribution in [-0.4, -0.2) is 12.8 Å². The van der Waals surface area contributed by atoms with E-state index in [1.165, 1.54) is 0 Å². The average Bonchev–Trinajstić information content (AvgIpc) is 1.98. The normalized spacial score (nSPS) is 12.6. The lowest BCUT2D eigenvalue weighted by atomic mass is 9.76. The van der Waals surface area contributed by atoms with Gasteiger partial charge in [-0.3, -0.25) is 4.79 Å². The Bertz CT molecular complexity index is 221. The summed E-state index contributed by atoms with van der Waals surface area (Å²) in [6.07, 6.45) is 0.580. The molecule has 0 amide bonds. The topological polar surface area (TPSA) is 17.1 Å². The lowest BCUT2D eigenvalue weighted by molar-refractivity contribution is -0.126. The zero-order chi connectivity index (χ0) is 11.4. The molecule has 0 radical (unpaired) electrons. The smallest absolute Gasteiger partial charge is 0.449 e. The molecule has 0 aliphatic carbocycles. The predicted molar refractivity (Wildman–Crippen MR) is 52.1 cm³/mol. The highest BCUT2D eigenvalue weighted by molar-refractivity contribution is 6.58. The minimum atomic E-state index is -4.84. The Balaban J connectivity index is 4.14. The molecule has 0 unspecified atom stereocenters. The van der Waals surface area contributed by atoms with E-state index in [1.54, 1.807) is 19.9 Å². The van der Waals surface area contributed by atoms with Crippen LogP contribution in [0.5, 0.6) is 0 Å². The summed E-state index contributed by atoms with van der Waals surface area (Å²) in [5.74, 6) is -0.350. The van der Waals surface area contributed by atoms with Gasteiger partial charge in [-0.05, 0) is 12.8 Å². The molecule has 0 aromatic rings. The molecule has 0 aliphatic heterocycles. The Morgan fingerprint density at radius 1 is 1.43 bits per heavy atom. The van der Waals surface area contributed by atoms with Gasteiger partial charge >= 0.3 is 6.98 Å². The van der Waals surface area contributed by atoms with Crippen LogP contribution < -0.4 is 0 Å². The van der Waals surface area contributed by atoms with Crippen molar-refractivity contribution in [2.24, 2.45) is 5.41 Å². The number of hydrogen-bond acceptors (Lipinski definition) is 1. The van der Waals surface area contributed by atoms with Crippen molar-refractivity contribution in [3.05, 3.63) is 12.7 Å². The van der Waals surface area contributed by atoms with Crippen molar-refractivity contribution in [1.82, 2.24) is 0 Å². The first kappa shape index (κ1) is 13.3. The third kappa shape index (κ3) is 5.09. The number of carbonyl (C=O) groups is 1. The molecule has 5 heteroatoms. The maximum atomic E-state index is 11.9. The quantitative estimate of drug-likeness (QED) is 0.481. The van der Waals surface area contributed by atoms with Crippen LogP contribution in [0.1, 0.15) is 26.7 Å². The van der Waals surface area contributed by atoms with Gasteiger partial charge in [0.1, 0.15) is 5.78 Å². The zero-order valence-corrected chi connectivity index (χ0v) is 8.53. The van der Waals surface area contributed by atoms with Gasteiger partial charge in [-0.15, -0.1) is 6.58 Å². The van der Waals surface area contributed by atoms with Crippen molar-refractivity contribution in [1.29, 1.82) is 0 Å². The molecule has 0 spiro atoms. The fourth-order valence-electron chi connectivity index (χ4n) is 1.11. The van der Waals surface area contributed by atoms with Gasteiger partial charge in [-0.25, -0.2) is 0 Å². The van der Waals surface area contributed by atoms with E-state index in [-0.39, 0.29) is 5.78 Å². The Labute approximate surface area is 82.4 Å². The van der Waals surface area contributed by atoms with Gasteiger partial charge in [0.2, 0.25) is 0 Å². The number of rotatable bonds is 6. The third-order valence-electron chi connectivity index (χ3n) is 2.11. The molecule has 0 fully saturated rings. The van der Waals surface area contributed by atoms with Gasteiger partial charge in [-0.2, -0.15) is 0 Å². The molecular weight excluding hydrogens is 192 g/mol. The van der Waals surface area contributed by atoms with E-state index in [2.05, 4.69) is 6.58 Å². The Morgan fingerprint density at radius 2 is 1.93 bits per heavy atom. The molecule has 82 valence electrons. The summed E-state index contributed by atoms with van der Waals surface area (Å²) < 4.78 is 35.6. The van der Waals surface area contributed by atoms with Gasteiger partial charge < -0.3 is 12.9 Å². The van der Waals surface area contributed by atoms with Crippen LogP contribution in [0, 0.1) is 5.41 Å². The number of allylic oxidation sites excluding steroid dienone is 1. The minimum absolute atomic E-state index is 0.350. The summed E-state index contributed by atoms with van der Waals surface area (Å²) in [6.45, 7) is 1.90. The lowest BCUT2D eigenvalue weighted by Crippen LogP contribution is -2.26. The molecule has 0 aromatic heterocycles. The van der Waals surface area contributed by atoms with Gasteiger partial charge in [0.05, 0.1) is 0 Å². The predicted octanol–water partition coefficient (Wildman–Crippen LogP) is 3.40. The first-order chi connectivity index (χ1) is 6.19. The Hall–Kier alpha value is -0.735. The Kier molecular flexibility index (Phi) is 4.42. The molecule has 0 saturated carbocycles. The van der Waals surface area contributed by atoms with E-state index in [0.29, 0.717) is 6.42 Å². The molecule has 0 rings (SSSR count). The highest BCUT2D eigenvalue weighted by atomic mass is 19.4. The second-order valence-corrected chi connectivity index (χ2v) is 4.05. The molecule has 0 N–H and O–H groups in total. The molecule has 0 aliphatic rings. The number of Topliss-reactive ketones (excluding diaryl/α,β-unsaturated/α-hetero) is 1. The van der Waals surface area contributed by atoms with E-state index in [0.717, 1.165) is 0 Å². The third-order valence-corrected chi connectivity index (χ3v) is 2.11. The van der Waals surface area contributed by atoms with Crippen molar-refractivity contribution in [3.8, 4) is 0 Å². The molecule has 1 nitrogen and oxygen atoms in total. The van der Waals surface area contributed by atoms with Gasteiger partial charge in [0.25, 0.3) is 0 Å². The van der Waals surface area contributed by atoms with Crippen LogP contribution >= 0.6 is 0 Å². The second-order valence-electron chi connectivity index (χ2n) is 4.05. The van der Waals surface area contributed by atoms with E-state index >= 15 is 0 Å². The van der Waals surface area contributed by atoms with Crippen LogP contribution in [-0.2, 0) is 4.79 Å². The number of carbonyl (C=O) groups excluding carboxylic acids is 1. The second kappa shape index (κ2) is 4.67. The largest absolute Gasteiger partial charge is 0.478 e. The number of halogens is 3. The molecule has 0 bridgehead atoms. The SMILES string of the molecule is C=CCC(C)(C)C(=O)CC[B-](F)(F)F. The van der Waals surface area contributed by atoms with E-state index in [4.69, 9.17) is 0 Å². The number of hydrogen-bond donors (Lipinski definition) is 0. The van der Waals surface area contributed by atoms with E-state index in [9.17, 15) is 17.7 Å². The molecule has 0 aromatic carbocycles. The van der Waals surface area contributed by atoms with E-state index < -0.39 is 25.1 Å². The first-order valence-corrected chi connectivity index (χ1v) is 4.54. The maximum absolute atomic E-state index is 11.9. The van der Waals surface area contributed by atoms with Crippen LogP contribution in [0.15, 0.2) is 12.7 Å². The summed E-state index contributed by atoms with van der Waals surface area (Å²) in [5.41, 5.74) is -0.719. The van der Waals surface area contributed by atoms with Crippen LogP contribution in [0.3, 0.4) is 0 Å². The Morgan fingerprint density at radius 3 is 2.29 bits per heavy atom. The monoisotopic (exact) mass is 207 g/mol. The molecule has 0 saturated heterocycles. The fourth-order valence-corrected chi connectivity index (χ4v) is 1.11. The number of ketones is 1. The molecule has 14 heavy (non-hydrogen) atoms. The average molecular weight is 207 g/mol.